The normalized spacial score (nSPS) is 12.9. The largest absolute Gasteiger partial charge is 0.0885 e. The molecule has 0 radical (unpaired) electrons. The summed E-state index contributed by atoms with van der Waals surface area (Å²) in [5, 5.41) is 0. The Morgan fingerprint density at radius 3 is 1.92 bits per heavy atom. The van der Waals surface area contributed by atoms with Crippen LogP contribution in [0, 0.1) is 5.92 Å². The van der Waals surface area contributed by atoms with E-state index in [4.69, 9.17) is 0 Å². The van der Waals surface area contributed by atoms with Crippen molar-refractivity contribution in [2.45, 2.75) is 40.0 Å². The van der Waals surface area contributed by atoms with Crippen molar-refractivity contribution in [3.05, 3.63) is 36.5 Å². The van der Waals surface area contributed by atoms with E-state index in [2.05, 4.69) is 57.2 Å². The van der Waals surface area contributed by atoms with E-state index in [1.165, 1.54) is 0 Å². The summed E-state index contributed by atoms with van der Waals surface area (Å²) in [7, 11) is 0. The molecule has 0 aliphatic carbocycles. The van der Waals surface area contributed by atoms with Gasteiger partial charge < -0.3 is 0 Å². The third-order valence-corrected chi connectivity index (χ3v) is 1.63. The highest BCUT2D eigenvalue weighted by atomic mass is 13.9. The van der Waals surface area contributed by atoms with Gasteiger partial charge in [0.25, 0.3) is 0 Å². The van der Waals surface area contributed by atoms with Crippen LogP contribution >= 0.6 is 0 Å². The Labute approximate surface area is 83.0 Å². The molecular weight excluding hydrogens is 156 g/mol. The van der Waals surface area contributed by atoms with Crippen molar-refractivity contribution >= 4 is 0 Å². The summed E-state index contributed by atoms with van der Waals surface area (Å²) in [5.41, 5.74) is 0. The zero-order valence-corrected chi connectivity index (χ0v) is 9.16. The van der Waals surface area contributed by atoms with Gasteiger partial charge in [0.2, 0.25) is 0 Å². The average Bonchev–Trinajstić information content (AvgIpc) is 2.09. The molecule has 0 saturated carbocycles. The minimum absolute atomic E-state index is 0.674. The van der Waals surface area contributed by atoms with E-state index in [1.54, 1.807) is 0 Å². The van der Waals surface area contributed by atoms with Crippen molar-refractivity contribution in [3.8, 4) is 0 Å². The molecule has 0 aliphatic heterocycles. The number of hydrogen-bond donors (Lipinski definition) is 0. The zero-order valence-electron chi connectivity index (χ0n) is 9.16. The molecule has 0 aromatic carbocycles. The SMILES string of the molecule is CCC=CCC=CCC=CC(C)C. The number of rotatable bonds is 6. The maximum Gasteiger partial charge on any atom is -0.0169 e. The first-order chi connectivity index (χ1) is 6.27. The fourth-order valence-electron chi connectivity index (χ4n) is 0.963. The fourth-order valence-corrected chi connectivity index (χ4v) is 0.963. The summed E-state index contributed by atoms with van der Waals surface area (Å²) < 4.78 is 0. The first kappa shape index (κ1) is 12.2. The molecule has 0 unspecified atom stereocenters. The van der Waals surface area contributed by atoms with Gasteiger partial charge in [0, 0.05) is 0 Å². The van der Waals surface area contributed by atoms with Gasteiger partial charge in [-0.3, -0.25) is 0 Å². The van der Waals surface area contributed by atoms with Crippen LogP contribution in [0.4, 0.5) is 0 Å². The average molecular weight is 178 g/mol. The van der Waals surface area contributed by atoms with E-state index in [0.717, 1.165) is 19.3 Å². The summed E-state index contributed by atoms with van der Waals surface area (Å²) in [6.45, 7) is 6.56. The lowest BCUT2D eigenvalue weighted by Crippen LogP contribution is -1.75. The second-order valence-electron chi connectivity index (χ2n) is 3.49. The molecule has 0 nitrogen and oxygen atoms in total. The molecule has 13 heavy (non-hydrogen) atoms. The Hall–Kier alpha value is -0.780. The van der Waals surface area contributed by atoms with Crippen LogP contribution in [0.15, 0.2) is 36.5 Å². The predicted octanol–water partition coefficient (Wildman–Crippen LogP) is 4.50. The molecular formula is C13H22. The van der Waals surface area contributed by atoms with Crippen molar-refractivity contribution in [3.63, 3.8) is 0 Å². The van der Waals surface area contributed by atoms with Crippen molar-refractivity contribution in [1.29, 1.82) is 0 Å². The highest BCUT2D eigenvalue weighted by molar-refractivity contribution is 4.97. The Balaban J connectivity index is 3.36. The molecule has 0 heteroatoms. The smallest absolute Gasteiger partial charge is 0.0169 e. The van der Waals surface area contributed by atoms with Crippen molar-refractivity contribution in [2.24, 2.45) is 5.92 Å². The van der Waals surface area contributed by atoms with Gasteiger partial charge in [0.05, 0.1) is 0 Å². The standard InChI is InChI=1S/C13H22/c1-4-5-6-7-8-9-10-11-12-13(2)3/h5-6,8-9,11-13H,4,7,10H2,1-3H3. The Morgan fingerprint density at radius 2 is 1.38 bits per heavy atom. The van der Waals surface area contributed by atoms with Gasteiger partial charge in [-0.15, -0.1) is 0 Å². The van der Waals surface area contributed by atoms with Crippen molar-refractivity contribution in [1.82, 2.24) is 0 Å². The van der Waals surface area contributed by atoms with Gasteiger partial charge in [0.1, 0.15) is 0 Å². The van der Waals surface area contributed by atoms with Crippen LogP contribution in [0.3, 0.4) is 0 Å². The molecule has 74 valence electrons. The molecule has 0 atom stereocenters. The monoisotopic (exact) mass is 178 g/mol. The van der Waals surface area contributed by atoms with Crippen LogP contribution in [0.2, 0.25) is 0 Å². The van der Waals surface area contributed by atoms with E-state index in [1.807, 2.05) is 0 Å². The quantitative estimate of drug-likeness (QED) is 0.525. The van der Waals surface area contributed by atoms with Gasteiger partial charge in [0.15, 0.2) is 0 Å². The molecule has 0 rings (SSSR count). The van der Waals surface area contributed by atoms with Crippen LogP contribution in [-0.2, 0) is 0 Å². The zero-order chi connectivity index (χ0) is 9.94. The molecule has 0 bridgehead atoms. The first-order valence-corrected chi connectivity index (χ1v) is 5.24. The molecule has 0 spiro atoms. The van der Waals surface area contributed by atoms with Gasteiger partial charge in [-0.25, -0.2) is 0 Å². The van der Waals surface area contributed by atoms with Gasteiger partial charge in [-0.1, -0.05) is 57.2 Å². The summed E-state index contributed by atoms with van der Waals surface area (Å²) in [5.74, 6) is 0.674. The minimum Gasteiger partial charge on any atom is -0.0885 e. The van der Waals surface area contributed by atoms with Gasteiger partial charge in [-0.2, -0.15) is 0 Å². The van der Waals surface area contributed by atoms with Gasteiger partial charge >= 0.3 is 0 Å². The van der Waals surface area contributed by atoms with E-state index < -0.39 is 0 Å². The number of hydrogen-bond acceptors (Lipinski definition) is 0. The Kier molecular flexibility index (Phi) is 8.75. The van der Waals surface area contributed by atoms with Gasteiger partial charge in [-0.05, 0) is 25.2 Å². The van der Waals surface area contributed by atoms with E-state index in [-0.39, 0.29) is 0 Å². The molecule has 0 aromatic rings. The first-order valence-electron chi connectivity index (χ1n) is 5.24. The topological polar surface area (TPSA) is 0 Å². The van der Waals surface area contributed by atoms with E-state index >= 15 is 0 Å². The maximum absolute atomic E-state index is 2.24. The molecule has 0 heterocycles. The van der Waals surface area contributed by atoms with Crippen molar-refractivity contribution in [2.75, 3.05) is 0 Å². The molecule has 0 amide bonds. The second kappa shape index (κ2) is 9.31. The van der Waals surface area contributed by atoms with Crippen LogP contribution in [0.1, 0.15) is 40.0 Å². The Morgan fingerprint density at radius 1 is 0.846 bits per heavy atom. The predicted molar refractivity (Wildman–Crippen MR) is 61.8 cm³/mol. The third-order valence-electron chi connectivity index (χ3n) is 1.63. The summed E-state index contributed by atoms with van der Waals surface area (Å²) in [6, 6.07) is 0. The second-order valence-corrected chi connectivity index (χ2v) is 3.49. The molecule has 0 fully saturated rings. The van der Waals surface area contributed by atoms with Crippen LogP contribution < -0.4 is 0 Å². The van der Waals surface area contributed by atoms with Crippen LogP contribution in [0.25, 0.3) is 0 Å². The summed E-state index contributed by atoms with van der Waals surface area (Å²) in [6.07, 6.45) is 16.6. The lowest BCUT2D eigenvalue weighted by molar-refractivity contribution is 0.828. The minimum atomic E-state index is 0.674. The molecule has 0 saturated heterocycles. The Bertz CT molecular complexity index is 170. The highest BCUT2D eigenvalue weighted by Gasteiger charge is 1.80. The highest BCUT2D eigenvalue weighted by Crippen LogP contribution is 1.97. The fraction of sp³-hybridized carbons (Fsp3) is 0.538. The third kappa shape index (κ3) is 11.2. The maximum atomic E-state index is 2.24. The summed E-state index contributed by atoms with van der Waals surface area (Å²) in [4.78, 5) is 0. The molecule has 0 aliphatic rings. The van der Waals surface area contributed by atoms with Crippen LogP contribution in [-0.4, -0.2) is 0 Å². The number of allylic oxidation sites excluding steroid dienone is 6. The van der Waals surface area contributed by atoms with E-state index in [0.29, 0.717) is 5.92 Å². The van der Waals surface area contributed by atoms with Crippen molar-refractivity contribution < 1.29 is 0 Å². The lowest BCUT2D eigenvalue weighted by Gasteiger charge is -1.90. The molecule has 0 aromatic heterocycles. The lowest BCUT2D eigenvalue weighted by atomic mass is 10.2. The van der Waals surface area contributed by atoms with Crippen LogP contribution in [0.5, 0.6) is 0 Å². The van der Waals surface area contributed by atoms with E-state index in [9.17, 15) is 0 Å². The molecule has 0 N–H and O–H groups in total. The summed E-state index contributed by atoms with van der Waals surface area (Å²) >= 11 is 0.